The Morgan fingerprint density at radius 3 is 2.16 bits per heavy atom. The van der Waals surface area contributed by atoms with Gasteiger partial charge in [0.15, 0.2) is 0 Å². The fraction of sp³-hybridized carbons (Fsp3) is 0.435. The second kappa shape index (κ2) is 8.19. The van der Waals surface area contributed by atoms with Gasteiger partial charge in [0.25, 0.3) is 5.69 Å². The van der Waals surface area contributed by atoms with Crippen molar-refractivity contribution in [3.63, 3.8) is 0 Å². The Kier molecular flexibility index (Phi) is 5.58. The summed E-state index contributed by atoms with van der Waals surface area (Å²) in [7, 11) is 0. The van der Waals surface area contributed by atoms with Crippen molar-refractivity contribution in [1.29, 1.82) is 0 Å². The maximum atomic E-state index is 12.4. The molecule has 4 rings (SSSR count). The van der Waals surface area contributed by atoms with E-state index in [2.05, 4.69) is 0 Å². The predicted molar refractivity (Wildman–Crippen MR) is 112 cm³/mol. The standard InChI is InChI=1S/C23H24N2O6/c26-14-19-21(16-9-11-17(12-10-16)24(28)29)22(25(30)31)20(15-6-2-1-3-7-15)18-8-4-5-13-23(18,19)27/h1-3,6-7,9-12,14,18-22,27H,4-5,8,13H2/t18-,19+,20-,21+,22-,23-/m0/s1. The zero-order valence-corrected chi connectivity index (χ0v) is 16.9. The first kappa shape index (κ1) is 21.1. The molecule has 2 fully saturated rings. The van der Waals surface area contributed by atoms with Crippen LogP contribution in [0.1, 0.15) is 48.6 Å². The molecule has 0 radical (unpaired) electrons. The number of aliphatic hydroxyl groups is 1. The number of nitrogens with zero attached hydrogens (tertiary/aromatic N) is 2. The van der Waals surface area contributed by atoms with Gasteiger partial charge in [-0.2, -0.15) is 0 Å². The summed E-state index contributed by atoms with van der Waals surface area (Å²) in [6.45, 7) is 0. The molecular weight excluding hydrogens is 400 g/mol. The monoisotopic (exact) mass is 424 g/mol. The highest BCUT2D eigenvalue weighted by Crippen LogP contribution is 2.58. The van der Waals surface area contributed by atoms with Gasteiger partial charge in [-0.15, -0.1) is 0 Å². The molecule has 2 aliphatic rings. The molecule has 0 heterocycles. The van der Waals surface area contributed by atoms with Crippen LogP contribution in [0, 0.1) is 32.1 Å². The number of carbonyl (C=O) groups excluding carboxylic acids is 1. The third-order valence-electron chi connectivity index (χ3n) is 7.18. The highest BCUT2D eigenvalue weighted by atomic mass is 16.6. The molecule has 2 saturated carbocycles. The van der Waals surface area contributed by atoms with E-state index in [0.717, 1.165) is 18.4 Å². The van der Waals surface area contributed by atoms with Crippen molar-refractivity contribution in [2.24, 2.45) is 11.8 Å². The van der Waals surface area contributed by atoms with Gasteiger partial charge in [-0.05, 0) is 24.0 Å². The van der Waals surface area contributed by atoms with E-state index >= 15 is 0 Å². The Hall–Kier alpha value is -3.13. The van der Waals surface area contributed by atoms with Gasteiger partial charge in [0, 0.05) is 23.0 Å². The first-order valence-electron chi connectivity index (χ1n) is 10.5. The molecule has 8 heteroatoms. The largest absolute Gasteiger partial charge is 0.389 e. The van der Waals surface area contributed by atoms with Gasteiger partial charge in [0.2, 0.25) is 6.04 Å². The molecule has 0 spiro atoms. The molecule has 162 valence electrons. The van der Waals surface area contributed by atoms with Crippen molar-refractivity contribution in [1.82, 2.24) is 0 Å². The van der Waals surface area contributed by atoms with E-state index in [4.69, 9.17) is 0 Å². The molecule has 0 unspecified atom stereocenters. The van der Waals surface area contributed by atoms with Crippen LogP contribution in [0.4, 0.5) is 5.69 Å². The molecular formula is C23H24N2O6. The van der Waals surface area contributed by atoms with Gasteiger partial charge < -0.3 is 9.90 Å². The zero-order valence-electron chi connectivity index (χ0n) is 16.9. The molecule has 1 N–H and O–H groups in total. The van der Waals surface area contributed by atoms with Crippen LogP contribution in [-0.2, 0) is 4.79 Å². The average Bonchev–Trinajstić information content (AvgIpc) is 2.77. The molecule has 0 aliphatic heterocycles. The minimum atomic E-state index is -1.36. The number of non-ortho nitro benzene ring substituents is 1. The Balaban J connectivity index is 1.91. The average molecular weight is 424 g/mol. The van der Waals surface area contributed by atoms with Crippen molar-refractivity contribution in [3.8, 4) is 0 Å². The topological polar surface area (TPSA) is 124 Å². The first-order valence-corrected chi connectivity index (χ1v) is 10.5. The zero-order chi connectivity index (χ0) is 22.2. The molecule has 0 aromatic heterocycles. The van der Waals surface area contributed by atoms with Crippen LogP contribution in [0.5, 0.6) is 0 Å². The molecule has 0 bridgehead atoms. The van der Waals surface area contributed by atoms with Crippen molar-refractivity contribution in [2.45, 2.75) is 49.2 Å². The number of hydrogen-bond acceptors (Lipinski definition) is 6. The maximum absolute atomic E-state index is 12.4. The molecule has 0 saturated heterocycles. The lowest BCUT2D eigenvalue weighted by atomic mass is 9.51. The maximum Gasteiger partial charge on any atom is 0.269 e. The van der Waals surface area contributed by atoms with Crippen LogP contribution in [-0.4, -0.2) is 32.9 Å². The lowest BCUT2D eigenvalue weighted by Gasteiger charge is -2.54. The highest BCUT2D eigenvalue weighted by Gasteiger charge is 2.63. The van der Waals surface area contributed by atoms with Crippen LogP contribution in [0.2, 0.25) is 0 Å². The highest BCUT2D eigenvalue weighted by molar-refractivity contribution is 5.60. The van der Waals surface area contributed by atoms with E-state index < -0.39 is 40.2 Å². The molecule has 6 atom stereocenters. The minimum absolute atomic E-state index is 0.131. The summed E-state index contributed by atoms with van der Waals surface area (Å²) in [6, 6.07) is 13.6. The summed E-state index contributed by atoms with van der Waals surface area (Å²) in [5, 5.41) is 35.3. The van der Waals surface area contributed by atoms with Gasteiger partial charge in [0.1, 0.15) is 6.29 Å². The Labute approximate surface area is 179 Å². The summed E-state index contributed by atoms with van der Waals surface area (Å²) < 4.78 is 0. The van der Waals surface area contributed by atoms with Crippen LogP contribution in [0.3, 0.4) is 0 Å². The van der Waals surface area contributed by atoms with Gasteiger partial charge in [0.05, 0.1) is 28.3 Å². The summed E-state index contributed by atoms with van der Waals surface area (Å²) in [5.41, 5.74) is -0.262. The SMILES string of the molecule is O=C[C@@H]1[C@@H](c2ccc([N+](=O)[O-])cc2)[C@@H]([N+](=O)[O-])[C@@H](c2ccccc2)[C@@H]2CCCC[C@@]12O. The number of aldehydes is 1. The number of carbonyl (C=O) groups is 1. The third-order valence-corrected chi connectivity index (χ3v) is 7.18. The lowest BCUT2D eigenvalue weighted by Crippen LogP contribution is -2.61. The lowest BCUT2D eigenvalue weighted by molar-refractivity contribution is -0.541. The predicted octanol–water partition coefficient (Wildman–Crippen LogP) is 3.86. The Morgan fingerprint density at radius 1 is 0.935 bits per heavy atom. The van der Waals surface area contributed by atoms with E-state index in [0.29, 0.717) is 24.7 Å². The van der Waals surface area contributed by atoms with Gasteiger partial charge in [-0.25, -0.2) is 0 Å². The van der Waals surface area contributed by atoms with E-state index in [1.165, 1.54) is 24.3 Å². The van der Waals surface area contributed by atoms with Crippen LogP contribution in [0.25, 0.3) is 0 Å². The summed E-state index contributed by atoms with van der Waals surface area (Å²) in [5.74, 6) is -2.84. The van der Waals surface area contributed by atoms with Crippen molar-refractivity contribution >= 4 is 12.0 Å². The van der Waals surface area contributed by atoms with E-state index in [1.807, 2.05) is 30.3 Å². The van der Waals surface area contributed by atoms with Crippen LogP contribution in [0.15, 0.2) is 54.6 Å². The van der Waals surface area contributed by atoms with E-state index in [1.54, 1.807) is 0 Å². The number of nitro groups is 2. The summed E-state index contributed by atoms with van der Waals surface area (Å²) in [6.07, 6.45) is 3.25. The van der Waals surface area contributed by atoms with Crippen molar-refractivity contribution < 1.29 is 19.7 Å². The van der Waals surface area contributed by atoms with Gasteiger partial charge in [-0.1, -0.05) is 55.3 Å². The fourth-order valence-corrected chi connectivity index (χ4v) is 5.89. The summed E-state index contributed by atoms with van der Waals surface area (Å²) in [4.78, 5) is 34.9. The van der Waals surface area contributed by atoms with Crippen LogP contribution < -0.4 is 0 Å². The smallest absolute Gasteiger partial charge is 0.269 e. The summed E-state index contributed by atoms with van der Waals surface area (Å²) >= 11 is 0. The first-order chi connectivity index (χ1) is 14.9. The molecule has 2 aromatic carbocycles. The minimum Gasteiger partial charge on any atom is -0.389 e. The molecule has 2 aromatic rings. The van der Waals surface area contributed by atoms with Gasteiger partial charge >= 0.3 is 0 Å². The van der Waals surface area contributed by atoms with Crippen molar-refractivity contribution in [3.05, 3.63) is 86.0 Å². The second-order valence-electron chi connectivity index (χ2n) is 8.59. The van der Waals surface area contributed by atoms with E-state index in [-0.39, 0.29) is 10.6 Å². The number of benzene rings is 2. The Morgan fingerprint density at radius 2 is 1.58 bits per heavy atom. The molecule has 2 aliphatic carbocycles. The van der Waals surface area contributed by atoms with E-state index in [9.17, 15) is 30.1 Å². The number of nitro benzene ring substituents is 1. The quantitative estimate of drug-likeness (QED) is 0.442. The molecule has 31 heavy (non-hydrogen) atoms. The molecule has 8 nitrogen and oxygen atoms in total. The number of fused-ring (bicyclic) bond motifs is 1. The normalized spacial score (nSPS) is 32.6. The number of rotatable bonds is 5. The van der Waals surface area contributed by atoms with Crippen molar-refractivity contribution in [2.75, 3.05) is 0 Å². The number of hydrogen-bond donors (Lipinski definition) is 1. The second-order valence-corrected chi connectivity index (χ2v) is 8.59. The molecule has 0 amide bonds. The fourth-order valence-electron chi connectivity index (χ4n) is 5.89. The van der Waals surface area contributed by atoms with Crippen LogP contribution >= 0.6 is 0 Å². The van der Waals surface area contributed by atoms with Gasteiger partial charge in [-0.3, -0.25) is 20.2 Å². The third kappa shape index (κ3) is 3.50. The Bertz CT molecular complexity index is 979.